The first-order valence-corrected chi connectivity index (χ1v) is 9.88. The minimum Gasteiger partial charge on any atom is -0.338 e. The van der Waals surface area contributed by atoms with Gasteiger partial charge in [0.25, 0.3) is 5.91 Å². The van der Waals surface area contributed by atoms with E-state index in [2.05, 4.69) is 33.9 Å². The van der Waals surface area contributed by atoms with Crippen molar-refractivity contribution in [2.75, 3.05) is 32.7 Å². The second-order valence-corrected chi connectivity index (χ2v) is 7.78. The largest absolute Gasteiger partial charge is 0.338 e. The normalized spacial score (nSPS) is 21.5. The molecule has 2 fully saturated rings. The number of amides is 1. The lowest BCUT2D eigenvalue weighted by Gasteiger charge is -2.20. The van der Waals surface area contributed by atoms with Crippen molar-refractivity contribution in [1.29, 1.82) is 0 Å². The van der Waals surface area contributed by atoms with Crippen LogP contribution in [-0.4, -0.2) is 48.4 Å². The molecule has 2 aliphatic heterocycles. The Morgan fingerprint density at radius 2 is 1.83 bits per heavy atom. The number of hydrogen-bond acceptors (Lipinski definition) is 3. The lowest BCUT2D eigenvalue weighted by atomic mass is 10.1. The summed E-state index contributed by atoms with van der Waals surface area (Å²) in [6.07, 6.45) is 3.83. The van der Waals surface area contributed by atoms with E-state index >= 15 is 0 Å². The molecular formula is C20H24N2OS. The molecule has 126 valence electrons. The zero-order chi connectivity index (χ0) is 16.4. The summed E-state index contributed by atoms with van der Waals surface area (Å²) in [4.78, 5) is 17.3. The Morgan fingerprint density at radius 3 is 2.54 bits per heavy atom. The molecule has 0 radical (unpaired) electrons. The van der Waals surface area contributed by atoms with Gasteiger partial charge in [-0.3, -0.25) is 4.79 Å². The molecule has 0 bridgehead atoms. The fourth-order valence-corrected chi connectivity index (χ4v) is 4.58. The zero-order valence-electron chi connectivity index (χ0n) is 14.0. The van der Waals surface area contributed by atoms with Crippen LogP contribution in [0.4, 0.5) is 0 Å². The second-order valence-electron chi connectivity index (χ2n) is 7.00. The predicted octanol–water partition coefficient (Wildman–Crippen LogP) is 3.97. The smallest absolute Gasteiger partial charge is 0.253 e. The molecule has 3 nitrogen and oxygen atoms in total. The van der Waals surface area contributed by atoms with Gasteiger partial charge in [-0.2, -0.15) is 11.3 Å². The Hall–Kier alpha value is -1.65. The van der Waals surface area contributed by atoms with E-state index in [9.17, 15) is 4.79 Å². The minimum atomic E-state index is 0.191. The summed E-state index contributed by atoms with van der Waals surface area (Å²) >= 11 is 1.70. The number of hydrogen-bond donors (Lipinski definition) is 0. The van der Waals surface area contributed by atoms with Crippen LogP contribution in [-0.2, 0) is 0 Å². The maximum absolute atomic E-state index is 12.7. The first-order chi connectivity index (χ1) is 11.8. The summed E-state index contributed by atoms with van der Waals surface area (Å²) in [5.74, 6) is 0.841. The Bertz CT molecular complexity index is 674. The van der Waals surface area contributed by atoms with E-state index in [1.165, 1.54) is 43.6 Å². The van der Waals surface area contributed by atoms with Gasteiger partial charge in [0.05, 0.1) is 0 Å². The van der Waals surface area contributed by atoms with Gasteiger partial charge in [0.1, 0.15) is 0 Å². The molecule has 1 unspecified atom stereocenters. The fraction of sp³-hybridized carbons (Fsp3) is 0.450. The molecule has 4 heteroatoms. The highest BCUT2D eigenvalue weighted by Gasteiger charge is 2.28. The van der Waals surface area contributed by atoms with E-state index in [0.29, 0.717) is 5.92 Å². The molecule has 0 aliphatic carbocycles. The second kappa shape index (κ2) is 7.08. The third-order valence-corrected chi connectivity index (χ3v) is 5.96. The molecular weight excluding hydrogens is 316 g/mol. The Balaban J connectivity index is 1.37. The average molecular weight is 340 g/mol. The quantitative estimate of drug-likeness (QED) is 0.841. The van der Waals surface area contributed by atoms with Crippen LogP contribution >= 0.6 is 11.3 Å². The van der Waals surface area contributed by atoms with Gasteiger partial charge >= 0.3 is 0 Å². The van der Waals surface area contributed by atoms with E-state index in [4.69, 9.17) is 0 Å². The molecule has 0 N–H and O–H groups in total. The third-order valence-electron chi connectivity index (χ3n) is 5.27. The molecule has 0 saturated carbocycles. The maximum atomic E-state index is 12.7. The van der Waals surface area contributed by atoms with E-state index < -0.39 is 0 Å². The fourth-order valence-electron chi connectivity index (χ4n) is 3.91. The number of nitrogens with zero attached hydrogens (tertiary/aromatic N) is 2. The van der Waals surface area contributed by atoms with Crippen molar-refractivity contribution >= 4 is 17.2 Å². The number of likely N-dealkylation sites (tertiary alicyclic amines) is 2. The number of carbonyl (C=O) groups is 1. The van der Waals surface area contributed by atoms with Gasteiger partial charge < -0.3 is 9.80 Å². The van der Waals surface area contributed by atoms with Crippen molar-refractivity contribution in [3.05, 3.63) is 46.7 Å². The molecule has 1 amide bonds. The summed E-state index contributed by atoms with van der Waals surface area (Å²) in [5, 5.41) is 4.22. The SMILES string of the molecule is O=C(c1ccc(-c2ccsc2)cc1)N1CCC(CN2CCCC2)C1. The molecule has 2 aromatic rings. The van der Waals surface area contributed by atoms with E-state index in [0.717, 1.165) is 25.1 Å². The molecule has 4 rings (SSSR count). The molecule has 24 heavy (non-hydrogen) atoms. The number of thiophene rings is 1. The Morgan fingerprint density at radius 1 is 1.04 bits per heavy atom. The molecule has 1 aromatic carbocycles. The summed E-state index contributed by atoms with van der Waals surface area (Å²) in [6.45, 7) is 5.48. The average Bonchev–Trinajstić information content (AvgIpc) is 3.37. The molecule has 3 heterocycles. The van der Waals surface area contributed by atoms with Crippen molar-refractivity contribution in [1.82, 2.24) is 9.80 Å². The Kier molecular flexibility index (Phi) is 4.67. The molecule has 1 aromatic heterocycles. The highest BCUT2D eigenvalue weighted by molar-refractivity contribution is 7.08. The summed E-state index contributed by atoms with van der Waals surface area (Å²) in [5.41, 5.74) is 3.22. The zero-order valence-corrected chi connectivity index (χ0v) is 14.8. The summed E-state index contributed by atoms with van der Waals surface area (Å²) in [6, 6.07) is 10.2. The van der Waals surface area contributed by atoms with Crippen molar-refractivity contribution < 1.29 is 4.79 Å². The van der Waals surface area contributed by atoms with Crippen molar-refractivity contribution in [2.24, 2.45) is 5.92 Å². The van der Waals surface area contributed by atoms with Gasteiger partial charge in [0.2, 0.25) is 0 Å². The lowest BCUT2D eigenvalue weighted by molar-refractivity contribution is 0.0784. The van der Waals surface area contributed by atoms with Crippen LogP contribution in [0, 0.1) is 5.92 Å². The number of benzene rings is 1. The monoisotopic (exact) mass is 340 g/mol. The summed E-state index contributed by atoms with van der Waals surface area (Å²) < 4.78 is 0. The molecule has 2 saturated heterocycles. The van der Waals surface area contributed by atoms with Gasteiger partial charge in [0, 0.05) is 25.2 Å². The topological polar surface area (TPSA) is 23.6 Å². The van der Waals surface area contributed by atoms with E-state index in [1.54, 1.807) is 11.3 Å². The first-order valence-electron chi connectivity index (χ1n) is 8.94. The van der Waals surface area contributed by atoms with Gasteiger partial charge in [-0.15, -0.1) is 0 Å². The maximum Gasteiger partial charge on any atom is 0.253 e. The van der Waals surface area contributed by atoms with Crippen LogP contribution < -0.4 is 0 Å². The first kappa shape index (κ1) is 15.9. The van der Waals surface area contributed by atoms with Crippen LogP contribution in [0.3, 0.4) is 0 Å². The lowest BCUT2D eigenvalue weighted by Crippen LogP contribution is -2.32. The van der Waals surface area contributed by atoms with Gasteiger partial charge in [0.15, 0.2) is 0 Å². The molecule has 1 atom stereocenters. The minimum absolute atomic E-state index is 0.191. The molecule has 0 spiro atoms. The van der Waals surface area contributed by atoms with Crippen LogP contribution in [0.2, 0.25) is 0 Å². The van der Waals surface area contributed by atoms with E-state index in [-0.39, 0.29) is 5.91 Å². The standard InChI is InChI=1S/C20H24N2OS/c23-20(18-5-3-17(4-6-18)19-8-12-24-15-19)22-11-7-16(14-22)13-21-9-1-2-10-21/h3-6,8,12,15-16H,1-2,7,9-11,13-14H2. The highest BCUT2D eigenvalue weighted by atomic mass is 32.1. The van der Waals surface area contributed by atoms with Gasteiger partial charge in [-0.25, -0.2) is 0 Å². The third kappa shape index (κ3) is 3.40. The van der Waals surface area contributed by atoms with Crippen LogP contribution in [0.25, 0.3) is 11.1 Å². The number of rotatable bonds is 4. The van der Waals surface area contributed by atoms with Crippen LogP contribution in [0.5, 0.6) is 0 Å². The van der Waals surface area contributed by atoms with Crippen LogP contribution in [0.15, 0.2) is 41.1 Å². The predicted molar refractivity (Wildman–Crippen MR) is 99.4 cm³/mol. The van der Waals surface area contributed by atoms with Crippen molar-refractivity contribution in [3.63, 3.8) is 0 Å². The summed E-state index contributed by atoms with van der Waals surface area (Å²) in [7, 11) is 0. The van der Waals surface area contributed by atoms with Gasteiger partial charge in [-0.05, 0) is 78.4 Å². The van der Waals surface area contributed by atoms with Gasteiger partial charge in [-0.1, -0.05) is 12.1 Å². The van der Waals surface area contributed by atoms with Crippen LogP contribution in [0.1, 0.15) is 29.6 Å². The van der Waals surface area contributed by atoms with Crippen molar-refractivity contribution in [3.8, 4) is 11.1 Å². The Labute approximate surface area is 147 Å². The number of carbonyl (C=O) groups excluding carboxylic acids is 1. The van der Waals surface area contributed by atoms with Crippen molar-refractivity contribution in [2.45, 2.75) is 19.3 Å². The molecule has 2 aliphatic rings. The highest BCUT2D eigenvalue weighted by Crippen LogP contribution is 2.24. The van der Waals surface area contributed by atoms with E-state index in [1.807, 2.05) is 17.0 Å².